The molecule has 0 bridgehead atoms. The number of amides is 2. The molecular weight excluding hydrogens is 202 g/mol. The smallest absolute Gasteiger partial charge is 0.320 e. The molecular formula is C12H21N3O. The van der Waals surface area contributed by atoms with E-state index in [2.05, 4.69) is 15.1 Å². The van der Waals surface area contributed by atoms with Crippen LogP contribution in [0.4, 0.5) is 4.79 Å². The van der Waals surface area contributed by atoms with Gasteiger partial charge >= 0.3 is 6.03 Å². The maximum Gasteiger partial charge on any atom is 0.320 e. The van der Waals surface area contributed by atoms with Crippen LogP contribution >= 0.6 is 0 Å². The SMILES string of the molecule is O=C1N(C2CCC2)CCN1C1CCNCC1. The van der Waals surface area contributed by atoms with Crippen molar-refractivity contribution in [2.45, 2.75) is 44.2 Å². The molecule has 3 rings (SSSR count). The van der Waals surface area contributed by atoms with Crippen LogP contribution in [0.3, 0.4) is 0 Å². The molecule has 1 saturated carbocycles. The van der Waals surface area contributed by atoms with Gasteiger partial charge in [0.05, 0.1) is 0 Å². The minimum absolute atomic E-state index is 0.316. The Hall–Kier alpha value is -0.770. The molecule has 0 spiro atoms. The Kier molecular flexibility index (Phi) is 2.75. The average Bonchev–Trinajstić information content (AvgIpc) is 2.60. The van der Waals surface area contributed by atoms with E-state index < -0.39 is 0 Å². The second kappa shape index (κ2) is 4.24. The summed E-state index contributed by atoms with van der Waals surface area (Å²) in [6.45, 7) is 4.06. The van der Waals surface area contributed by atoms with Crippen molar-refractivity contribution in [3.8, 4) is 0 Å². The van der Waals surface area contributed by atoms with Crippen LogP contribution in [0.25, 0.3) is 0 Å². The monoisotopic (exact) mass is 223 g/mol. The van der Waals surface area contributed by atoms with Crippen LogP contribution in [-0.4, -0.2) is 54.1 Å². The highest BCUT2D eigenvalue weighted by Crippen LogP contribution is 2.29. The zero-order chi connectivity index (χ0) is 11.0. The summed E-state index contributed by atoms with van der Waals surface area (Å²) in [4.78, 5) is 16.5. The first-order chi connectivity index (χ1) is 7.86. The van der Waals surface area contributed by atoms with Gasteiger partial charge in [-0.3, -0.25) is 0 Å². The standard InChI is InChI=1S/C12H21N3O/c16-12-14(10-2-1-3-10)8-9-15(12)11-4-6-13-7-5-11/h10-11,13H,1-9H2. The van der Waals surface area contributed by atoms with E-state index in [0.29, 0.717) is 18.1 Å². The Morgan fingerprint density at radius 1 is 0.938 bits per heavy atom. The Labute approximate surface area is 97.0 Å². The normalized spacial score (nSPS) is 28.6. The molecule has 3 fully saturated rings. The van der Waals surface area contributed by atoms with E-state index in [1.54, 1.807) is 0 Å². The number of piperidine rings is 1. The summed E-state index contributed by atoms with van der Waals surface area (Å²) in [5, 5.41) is 3.36. The number of rotatable bonds is 2. The van der Waals surface area contributed by atoms with E-state index in [0.717, 1.165) is 39.0 Å². The first-order valence-electron chi connectivity index (χ1n) is 6.64. The van der Waals surface area contributed by atoms with Gasteiger partial charge in [-0.15, -0.1) is 0 Å². The maximum atomic E-state index is 12.3. The molecule has 0 atom stereocenters. The molecule has 0 radical (unpaired) electrons. The lowest BCUT2D eigenvalue weighted by atomic mass is 9.92. The van der Waals surface area contributed by atoms with Crippen LogP contribution in [0.2, 0.25) is 0 Å². The zero-order valence-corrected chi connectivity index (χ0v) is 9.82. The molecule has 1 N–H and O–H groups in total. The minimum atomic E-state index is 0.316. The predicted octanol–water partition coefficient (Wildman–Crippen LogP) is 1.03. The third kappa shape index (κ3) is 1.69. The van der Waals surface area contributed by atoms with E-state index in [-0.39, 0.29) is 0 Å². The summed E-state index contributed by atoms with van der Waals surface area (Å²) in [5.41, 5.74) is 0. The van der Waals surface area contributed by atoms with Crippen molar-refractivity contribution in [3.63, 3.8) is 0 Å². The fourth-order valence-corrected chi connectivity index (χ4v) is 3.07. The quantitative estimate of drug-likeness (QED) is 0.759. The fourth-order valence-electron chi connectivity index (χ4n) is 3.07. The summed E-state index contributed by atoms with van der Waals surface area (Å²) in [7, 11) is 0. The van der Waals surface area contributed by atoms with Crippen molar-refractivity contribution in [2.75, 3.05) is 26.2 Å². The van der Waals surface area contributed by atoms with Gasteiger partial charge in [0.2, 0.25) is 0 Å². The summed E-state index contributed by atoms with van der Waals surface area (Å²) < 4.78 is 0. The topological polar surface area (TPSA) is 35.6 Å². The lowest BCUT2D eigenvalue weighted by Gasteiger charge is -2.36. The number of urea groups is 1. The van der Waals surface area contributed by atoms with Gasteiger partial charge in [-0.1, -0.05) is 0 Å². The number of carbonyl (C=O) groups excluding carboxylic acids is 1. The summed E-state index contributed by atoms with van der Waals surface area (Å²) in [6.07, 6.45) is 6.02. The van der Waals surface area contributed by atoms with Crippen molar-refractivity contribution in [1.29, 1.82) is 0 Å². The predicted molar refractivity (Wildman–Crippen MR) is 62.3 cm³/mol. The second-order valence-corrected chi connectivity index (χ2v) is 5.24. The Balaban J connectivity index is 1.62. The highest BCUT2D eigenvalue weighted by molar-refractivity contribution is 5.77. The molecule has 2 amide bonds. The van der Waals surface area contributed by atoms with Gasteiger partial charge in [0.1, 0.15) is 0 Å². The Morgan fingerprint density at radius 3 is 2.00 bits per heavy atom. The van der Waals surface area contributed by atoms with Crippen molar-refractivity contribution in [2.24, 2.45) is 0 Å². The van der Waals surface area contributed by atoms with Gasteiger partial charge in [0.15, 0.2) is 0 Å². The van der Waals surface area contributed by atoms with Crippen LogP contribution in [0.1, 0.15) is 32.1 Å². The van der Waals surface area contributed by atoms with Gasteiger partial charge in [-0.2, -0.15) is 0 Å². The molecule has 2 saturated heterocycles. The third-order valence-electron chi connectivity index (χ3n) is 4.34. The number of carbonyl (C=O) groups is 1. The summed E-state index contributed by atoms with van der Waals surface area (Å²) in [5.74, 6) is 0. The third-order valence-corrected chi connectivity index (χ3v) is 4.34. The van der Waals surface area contributed by atoms with Crippen LogP contribution in [0.15, 0.2) is 0 Å². The molecule has 1 aliphatic carbocycles. The van der Waals surface area contributed by atoms with Crippen molar-refractivity contribution in [3.05, 3.63) is 0 Å². The van der Waals surface area contributed by atoms with Gasteiger partial charge in [-0.25, -0.2) is 4.79 Å². The van der Waals surface area contributed by atoms with E-state index in [1.807, 2.05) is 0 Å². The van der Waals surface area contributed by atoms with Crippen LogP contribution in [-0.2, 0) is 0 Å². The fraction of sp³-hybridized carbons (Fsp3) is 0.917. The number of nitrogens with zero attached hydrogens (tertiary/aromatic N) is 2. The first-order valence-corrected chi connectivity index (χ1v) is 6.64. The van der Waals surface area contributed by atoms with E-state index >= 15 is 0 Å². The van der Waals surface area contributed by atoms with E-state index in [9.17, 15) is 4.79 Å². The van der Waals surface area contributed by atoms with Crippen molar-refractivity contribution < 1.29 is 4.79 Å². The van der Waals surface area contributed by atoms with Crippen molar-refractivity contribution >= 4 is 6.03 Å². The molecule has 0 aromatic carbocycles. The minimum Gasteiger partial charge on any atom is -0.320 e. The zero-order valence-electron chi connectivity index (χ0n) is 9.82. The molecule has 4 nitrogen and oxygen atoms in total. The average molecular weight is 223 g/mol. The number of hydrogen-bond acceptors (Lipinski definition) is 2. The molecule has 90 valence electrons. The van der Waals surface area contributed by atoms with E-state index in [1.165, 1.54) is 19.3 Å². The summed E-state index contributed by atoms with van der Waals surface area (Å²) in [6, 6.07) is 1.38. The molecule has 2 heterocycles. The van der Waals surface area contributed by atoms with E-state index in [4.69, 9.17) is 0 Å². The summed E-state index contributed by atoms with van der Waals surface area (Å²) >= 11 is 0. The molecule has 0 aromatic rings. The number of hydrogen-bond donors (Lipinski definition) is 1. The highest BCUT2D eigenvalue weighted by atomic mass is 16.2. The largest absolute Gasteiger partial charge is 0.320 e. The maximum absolute atomic E-state index is 12.3. The molecule has 16 heavy (non-hydrogen) atoms. The first kappa shape index (κ1) is 10.4. The highest BCUT2D eigenvalue weighted by Gasteiger charge is 2.39. The van der Waals surface area contributed by atoms with Gasteiger partial charge < -0.3 is 15.1 Å². The Bertz CT molecular complexity index is 271. The van der Waals surface area contributed by atoms with Crippen LogP contribution < -0.4 is 5.32 Å². The molecule has 0 aromatic heterocycles. The van der Waals surface area contributed by atoms with Gasteiger partial charge in [0, 0.05) is 25.2 Å². The van der Waals surface area contributed by atoms with Gasteiger partial charge in [-0.05, 0) is 45.2 Å². The van der Waals surface area contributed by atoms with Crippen molar-refractivity contribution in [1.82, 2.24) is 15.1 Å². The van der Waals surface area contributed by atoms with Gasteiger partial charge in [0.25, 0.3) is 0 Å². The molecule has 3 aliphatic rings. The Morgan fingerprint density at radius 2 is 1.50 bits per heavy atom. The lowest BCUT2D eigenvalue weighted by Crippen LogP contribution is -2.47. The molecule has 4 heteroatoms. The molecule has 0 unspecified atom stereocenters. The van der Waals surface area contributed by atoms with Crippen LogP contribution in [0.5, 0.6) is 0 Å². The lowest BCUT2D eigenvalue weighted by molar-refractivity contribution is 0.136. The number of nitrogens with one attached hydrogen (secondary N) is 1. The van der Waals surface area contributed by atoms with Crippen LogP contribution in [0, 0.1) is 0 Å². The molecule has 2 aliphatic heterocycles. The second-order valence-electron chi connectivity index (χ2n) is 5.24.